The van der Waals surface area contributed by atoms with E-state index in [-0.39, 0.29) is 5.41 Å². The molecule has 0 radical (unpaired) electrons. The van der Waals surface area contributed by atoms with E-state index in [4.69, 9.17) is 0 Å². The van der Waals surface area contributed by atoms with Crippen LogP contribution in [0.2, 0.25) is 0 Å². The van der Waals surface area contributed by atoms with Crippen molar-refractivity contribution >= 4 is 0 Å². The zero-order valence-corrected chi connectivity index (χ0v) is 21.6. The van der Waals surface area contributed by atoms with Gasteiger partial charge in [-0.25, -0.2) is 0 Å². The van der Waals surface area contributed by atoms with Crippen LogP contribution in [0.3, 0.4) is 0 Å². The first-order valence-electron chi connectivity index (χ1n) is 13.8. The molecule has 0 amide bonds. The molecule has 2 aliphatic rings. The van der Waals surface area contributed by atoms with E-state index in [9.17, 15) is 0 Å². The molecule has 0 spiro atoms. The second kappa shape index (κ2) is 10.1. The maximum Gasteiger partial charge on any atom is -0.00680 e. The third kappa shape index (κ3) is 5.02. The predicted molar refractivity (Wildman–Crippen MR) is 148 cm³/mol. The molecular weight excluding hydrogens is 408 g/mol. The van der Waals surface area contributed by atoms with Crippen LogP contribution in [0.4, 0.5) is 0 Å². The van der Waals surface area contributed by atoms with Crippen molar-refractivity contribution in [3.05, 3.63) is 83.4 Å². The van der Waals surface area contributed by atoms with Gasteiger partial charge in [0, 0.05) is 0 Å². The largest absolute Gasteiger partial charge is 0.0613 e. The van der Waals surface area contributed by atoms with Crippen molar-refractivity contribution in [2.45, 2.75) is 102 Å². The van der Waals surface area contributed by atoms with Crippen LogP contribution in [0.15, 0.2) is 66.7 Å². The summed E-state index contributed by atoms with van der Waals surface area (Å²) in [4.78, 5) is 0. The van der Waals surface area contributed by atoms with E-state index in [1.54, 1.807) is 0 Å². The lowest BCUT2D eigenvalue weighted by Gasteiger charge is -2.27. The second-order valence-electron chi connectivity index (χ2n) is 11.9. The van der Waals surface area contributed by atoms with Gasteiger partial charge >= 0.3 is 0 Å². The van der Waals surface area contributed by atoms with Gasteiger partial charge in [0.2, 0.25) is 0 Å². The molecule has 0 nitrogen and oxygen atoms in total. The lowest BCUT2D eigenvalue weighted by atomic mass is 9.78. The highest BCUT2D eigenvalue weighted by Crippen LogP contribution is 2.42. The van der Waals surface area contributed by atoms with Gasteiger partial charge in [0.1, 0.15) is 0 Å². The lowest BCUT2D eigenvalue weighted by molar-refractivity contribution is 0.443. The number of rotatable bonds is 4. The zero-order valence-electron chi connectivity index (χ0n) is 21.6. The molecule has 3 aromatic rings. The van der Waals surface area contributed by atoms with E-state index < -0.39 is 0 Å². The summed E-state index contributed by atoms with van der Waals surface area (Å²) >= 11 is 0. The van der Waals surface area contributed by atoms with Crippen LogP contribution < -0.4 is 0 Å². The third-order valence-corrected chi connectivity index (χ3v) is 8.45. The number of hydrogen-bond donors (Lipinski definition) is 0. The highest BCUT2D eigenvalue weighted by molar-refractivity contribution is 5.86. The van der Waals surface area contributed by atoms with Crippen LogP contribution in [0, 0.1) is 0 Å². The van der Waals surface area contributed by atoms with Crippen LogP contribution in [0.25, 0.3) is 22.3 Å². The van der Waals surface area contributed by atoms with Gasteiger partial charge in [0.25, 0.3) is 0 Å². The van der Waals surface area contributed by atoms with Crippen molar-refractivity contribution in [2.24, 2.45) is 0 Å². The fraction of sp³-hybridized carbons (Fsp3) is 0.471. The molecule has 0 unspecified atom stereocenters. The first-order valence-corrected chi connectivity index (χ1v) is 13.8. The highest BCUT2D eigenvalue weighted by atomic mass is 14.3. The monoisotopic (exact) mass is 450 g/mol. The lowest BCUT2D eigenvalue weighted by Crippen LogP contribution is -2.13. The fourth-order valence-electron chi connectivity index (χ4n) is 6.46. The smallest absolute Gasteiger partial charge is 0.00680 e. The third-order valence-electron chi connectivity index (χ3n) is 8.45. The Morgan fingerprint density at radius 3 is 1.47 bits per heavy atom. The van der Waals surface area contributed by atoms with Gasteiger partial charge in [-0.05, 0) is 81.9 Å². The molecule has 2 aliphatic carbocycles. The van der Waals surface area contributed by atoms with Crippen molar-refractivity contribution in [1.82, 2.24) is 0 Å². The SMILES string of the molecule is CC(C)(C)c1cccc(-c2ccc(C3CCCCC3)cc2)c1-c1ccc(C2CCCCC2)cc1. The molecule has 178 valence electrons. The highest BCUT2D eigenvalue weighted by Gasteiger charge is 2.23. The predicted octanol–water partition coefficient (Wildman–Crippen LogP) is 10.4. The summed E-state index contributed by atoms with van der Waals surface area (Å²) in [5.74, 6) is 1.52. The normalized spacial score (nSPS) is 18.2. The molecule has 0 N–H and O–H groups in total. The summed E-state index contributed by atoms with van der Waals surface area (Å²) in [6.45, 7) is 7.04. The first kappa shape index (κ1) is 23.4. The summed E-state index contributed by atoms with van der Waals surface area (Å²) < 4.78 is 0. The topological polar surface area (TPSA) is 0 Å². The van der Waals surface area contributed by atoms with Gasteiger partial charge < -0.3 is 0 Å². The van der Waals surface area contributed by atoms with Gasteiger partial charge in [-0.2, -0.15) is 0 Å². The fourth-order valence-corrected chi connectivity index (χ4v) is 6.46. The van der Waals surface area contributed by atoms with E-state index in [1.807, 2.05) is 0 Å². The zero-order chi connectivity index (χ0) is 23.5. The Kier molecular flexibility index (Phi) is 6.96. The average molecular weight is 451 g/mol. The maximum absolute atomic E-state index is 2.42. The molecule has 0 bridgehead atoms. The van der Waals surface area contributed by atoms with Gasteiger partial charge in [0.05, 0.1) is 0 Å². The second-order valence-corrected chi connectivity index (χ2v) is 11.9. The minimum Gasteiger partial charge on any atom is -0.0613 e. The van der Waals surface area contributed by atoms with Crippen LogP contribution in [-0.4, -0.2) is 0 Å². The van der Waals surface area contributed by atoms with E-state index >= 15 is 0 Å². The van der Waals surface area contributed by atoms with Crippen LogP contribution in [0.1, 0.15) is 114 Å². The summed E-state index contributed by atoms with van der Waals surface area (Å²) in [5, 5.41) is 0. The first-order chi connectivity index (χ1) is 16.5. The molecule has 0 heterocycles. The standard InChI is InChI=1S/C34H42/c1-34(2,3)32-16-10-15-31(29-21-17-27(18-22-29)25-11-6-4-7-12-25)33(32)30-23-19-28(20-24-30)26-13-8-5-9-14-26/h10,15-26H,4-9,11-14H2,1-3H3. The Bertz CT molecular complexity index is 1070. The van der Waals surface area contributed by atoms with E-state index in [2.05, 4.69) is 87.5 Å². The minimum absolute atomic E-state index is 0.0927. The van der Waals surface area contributed by atoms with Crippen LogP contribution >= 0.6 is 0 Å². The molecule has 0 heteroatoms. The number of benzene rings is 3. The Morgan fingerprint density at radius 1 is 0.529 bits per heavy atom. The molecule has 34 heavy (non-hydrogen) atoms. The molecule has 2 saturated carbocycles. The van der Waals surface area contributed by atoms with Crippen molar-refractivity contribution < 1.29 is 0 Å². The Hall–Kier alpha value is -2.34. The molecule has 0 aliphatic heterocycles. The molecule has 0 atom stereocenters. The van der Waals surface area contributed by atoms with E-state index in [1.165, 1.54) is 103 Å². The quantitative estimate of drug-likeness (QED) is 0.371. The Morgan fingerprint density at radius 2 is 1.00 bits per heavy atom. The minimum atomic E-state index is 0.0927. The summed E-state index contributed by atoms with van der Waals surface area (Å²) in [6.07, 6.45) is 13.8. The molecule has 0 aromatic heterocycles. The van der Waals surface area contributed by atoms with Crippen molar-refractivity contribution in [1.29, 1.82) is 0 Å². The molecular formula is C34H42. The van der Waals surface area contributed by atoms with Gasteiger partial charge in [-0.1, -0.05) is 126 Å². The van der Waals surface area contributed by atoms with Gasteiger partial charge in [-0.15, -0.1) is 0 Å². The number of hydrogen-bond acceptors (Lipinski definition) is 0. The van der Waals surface area contributed by atoms with E-state index in [0.29, 0.717) is 0 Å². The average Bonchev–Trinajstić information content (AvgIpc) is 2.89. The Balaban J connectivity index is 1.52. The van der Waals surface area contributed by atoms with Gasteiger partial charge in [-0.3, -0.25) is 0 Å². The molecule has 3 aromatic carbocycles. The van der Waals surface area contributed by atoms with Crippen molar-refractivity contribution in [2.75, 3.05) is 0 Å². The Labute approximate surface area is 207 Å². The summed E-state index contributed by atoms with van der Waals surface area (Å²) in [6, 6.07) is 26.1. The maximum atomic E-state index is 2.42. The molecule has 2 fully saturated rings. The van der Waals surface area contributed by atoms with Crippen molar-refractivity contribution in [3.8, 4) is 22.3 Å². The van der Waals surface area contributed by atoms with Crippen molar-refractivity contribution in [3.63, 3.8) is 0 Å². The van der Waals surface area contributed by atoms with Crippen LogP contribution in [0.5, 0.6) is 0 Å². The summed E-state index contributed by atoms with van der Waals surface area (Å²) in [7, 11) is 0. The van der Waals surface area contributed by atoms with E-state index in [0.717, 1.165) is 11.8 Å². The van der Waals surface area contributed by atoms with Gasteiger partial charge in [0.15, 0.2) is 0 Å². The van der Waals surface area contributed by atoms with Crippen LogP contribution in [-0.2, 0) is 5.41 Å². The molecule has 0 saturated heterocycles. The molecule has 5 rings (SSSR count). The summed E-state index contributed by atoms with van der Waals surface area (Å²) in [5.41, 5.74) is 10.1.